The number of halogens is 3. The zero-order chi connectivity index (χ0) is 21.5. The number of carbonyl (C=O) groups is 1. The van der Waals surface area contributed by atoms with Gasteiger partial charge in [0.05, 0.1) is 16.7 Å². The lowest BCUT2D eigenvalue weighted by Crippen LogP contribution is -2.44. The van der Waals surface area contributed by atoms with E-state index >= 15 is 0 Å². The van der Waals surface area contributed by atoms with Crippen molar-refractivity contribution in [2.45, 2.75) is 32.0 Å². The molecule has 1 N–H and O–H groups in total. The van der Waals surface area contributed by atoms with Crippen molar-refractivity contribution in [2.75, 3.05) is 24.5 Å². The minimum Gasteiger partial charge on any atom is -0.366 e. The Morgan fingerprint density at radius 1 is 1.23 bits per heavy atom. The molecule has 30 heavy (non-hydrogen) atoms. The third-order valence-electron chi connectivity index (χ3n) is 5.80. The molecule has 8 nitrogen and oxygen atoms in total. The fourth-order valence-corrected chi connectivity index (χ4v) is 4.15. The van der Waals surface area contributed by atoms with E-state index in [2.05, 4.69) is 10.2 Å². The Kier molecular flexibility index (Phi) is 5.12. The molecule has 3 heterocycles. The summed E-state index contributed by atoms with van der Waals surface area (Å²) in [6.45, 7) is 1.86. The van der Waals surface area contributed by atoms with Gasteiger partial charge in [-0.25, -0.2) is 0 Å². The van der Waals surface area contributed by atoms with Crippen LogP contribution >= 0.6 is 0 Å². The average Bonchev–Trinajstić information content (AvgIpc) is 3.20. The molecule has 2 aromatic rings. The predicted molar refractivity (Wildman–Crippen MR) is 101 cm³/mol. The largest absolute Gasteiger partial charge is 0.416 e. The topological polar surface area (TPSA) is 95.4 Å². The van der Waals surface area contributed by atoms with Gasteiger partial charge >= 0.3 is 6.18 Å². The molecule has 1 saturated heterocycles. The molecule has 0 unspecified atom stereocenters. The van der Waals surface area contributed by atoms with Crippen LogP contribution in [0.2, 0.25) is 0 Å². The van der Waals surface area contributed by atoms with Crippen LogP contribution < -0.4 is 4.90 Å². The van der Waals surface area contributed by atoms with E-state index < -0.39 is 22.4 Å². The number of nitro benzene ring substituents is 1. The molecule has 0 aliphatic carbocycles. The summed E-state index contributed by atoms with van der Waals surface area (Å²) in [7, 11) is 0. The lowest BCUT2D eigenvalue weighted by atomic mass is 9.93. The number of rotatable bonds is 3. The number of nitrogens with one attached hydrogen (secondary N) is 1. The number of piperidine rings is 1. The van der Waals surface area contributed by atoms with E-state index in [1.165, 1.54) is 0 Å². The second-order valence-corrected chi connectivity index (χ2v) is 7.60. The number of anilines is 1. The minimum absolute atomic E-state index is 0.0448. The monoisotopic (exact) mass is 423 g/mol. The summed E-state index contributed by atoms with van der Waals surface area (Å²) >= 11 is 0. The smallest absolute Gasteiger partial charge is 0.366 e. The van der Waals surface area contributed by atoms with Crippen LogP contribution in [0.25, 0.3) is 0 Å². The van der Waals surface area contributed by atoms with E-state index in [0.29, 0.717) is 45.1 Å². The lowest BCUT2D eigenvalue weighted by Gasteiger charge is -2.36. The molecule has 1 amide bonds. The summed E-state index contributed by atoms with van der Waals surface area (Å²) < 4.78 is 38.7. The molecular weight excluding hydrogens is 403 g/mol. The summed E-state index contributed by atoms with van der Waals surface area (Å²) in [6.07, 6.45) is -1.22. The number of H-pyrrole nitrogens is 1. The molecule has 160 valence electrons. The molecule has 0 bridgehead atoms. The molecule has 2 aliphatic rings. The Balaban J connectivity index is 1.43. The molecule has 4 rings (SSSR count). The van der Waals surface area contributed by atoms with E-state index in [0.717, 1.165) is 29.8 Å². The molecular formula is C19H20F3N5O3. The third kappa shape index (κ3) is 3.83. The number of amides is 1. The number of nitro groups is 1. The Bertz CT molecular complexity index is 967. The molecule has 1 fully saturated rings. The molecule has 0 radical (unpaired) electrons. The van der Waals surface area contributed by atoms with E-state index in [4.69, 9.17) is 0 Å². The van der Waals surface area contributed by atoms with Gasteiger partial charge in [0.15, 0.2) is 0 Å². The molecule has 0 atom stereocenters. The average molecular weight is 423 g/mol. The summed E-state index contributed by atoms with van der Waals surface area (Å²) in [4.78, 5) is 26.9. The van der Waals surface area contributed by atoms with E-state index in [1.54, 1.807) is 16.0 Å². The first-order valence-corrected chi connectivity index (χ1v) is 9.64. The fraction of sp³-hybridized carbons (Fsp3) is 0.474. The first-order chi connectivity index (χ1) is 14.2. The zero-order valence-electron chi connectivity index (χ0n) is 16.0. The molecule has 0 saturated carbocycles. The van der Waals surface area contributed by atoms with Crippen LogP contribution in [0.15, 0.2) is 24.4 Å². The fourth-order valence-electron chi connectivity index (χ4n) is 4.15. The SMILES string of the molecule is O=C(C1CCN(c2ccc(C(F)(F)F)cc2[N+](=O)[O-])CC1)N1CCc2[nH]ncc2C1. The minimum atomic E-state index is -4.65. The van der Waals surface area contributed by atoms with Gasteiger partial charge in [-0.15, -0.1) is 0 Å². The third-order valence-corrected chi connectivity index (χ3v) is 5.80. The van der Waals surface area contributed by atoms with Crippen molar-refractivity contribution in [1.29, 1.82) is 0 Å². The van der Waals surface area contributed by atoms with Gasteiger partial charge in [-0.1, -0.05) is 0 Å². The molecule has 2 aliphatic heterocycles. The second kappa shape index (κ2) is 7.62. The Morgan fingerprint density at radius 3 is 2.63 bits per heavy atom. The molecule has 11 heteroatoms. The Labute approximate surface area is 169 Å². The number of alkyl halides is 3. The Hall–Kier alpha value is -3.11. The van der Waals surface area contributed by atoms with Crippen LogP contribution in [0.3, 0.4) is 0 Å². The first-order valence-electron chi connectivity index (χ1n) is 9.64. The van der Waals surface area contributed by atoms with Crippen LogP contribution in [0.4, 0.5) is 24.5 Å². The van der Waals surface area contributed by atoms with Gasteiger partial charge in [-0.2, -0.15) is 18.3 Å². The number of hydrogen-bond acceptors (Lipinski definition) is 5. The summed E-state index contributed by atoms with van der Waals surface area (Å²) in [5.74, 6) is -0.161. The van der Waals surface area contributed by atoms with Crippen LogP contribution in [0, 0.1) is 16.0 Å². The molecule has 1 aromatic carbocycles. The zero-order valence-corrected chi connectivity index (χ0v) is 16.0. The predicted octanol–water partition coefficient (Wildman–Crippen LogP) is 3.14. The van der Waals surface area contributed by atoms with Gasteiger partial charge in [0.1, 0.15) is 5.69 Å². The van der Waals surface area contributed by atoms with Gasteiger partial charge in [0.2, 0.25) is 5.91 Å². The number of nitrogens with zero attached hydrogens (tertiary/aromatic N) is 4. The number of benzene rings is 1. The highest BCUT2D eigenvalue weighted by Gasteiger charge is 2.35. The van der Waals surface area contributed by atoms with Crippen molar-refractivity contribution in [3.05, 3.63) is 51.3 Å². The van der Waals surface area contributed by atoms with Crippen LogP contribution in [-0.2, 0) is 23.9 Å². The maximum Gasteiger partial charge on any atom is 0.416 e. The number of carbonyl (C=O) groups excluding carboxylic acids is 1. The van der Waals surface area contributed by atoms with Crippen molar-refractivity contribution in [3.8, 4) is 0 Å². The number of aromatic amines is 1. The van der Waals surface area contributed by atoms with Crippen molar-refractivity contribution < 1.29 is 22.9 Å². The van der Waals surface area contributed by atoms with Crippen molar-refractivity contribution in [1.82, 2.24) is 15.1 Å². The second-order valence-electron chi connectivity index (χ2n) is 7.60. The highest BCUT2D eigenvalue weighted by Crippen LogP contribution is 2.38. The normalized spacial score (nSPS) is 17.7. The highest BCUT2D eigenvalue weighted by atomic mass is 19.4. The van der Waals surface area contributed by atoms with Gasteiger partial charge in [0.25, 0.3) is 5.69 Å². The van der Waals surface area contributed by atoms with Crippen LogP contribution in [0.1, 0.15) is 29.7 Å². The summed E-state index contributed by atoms with van der Waals surface area (Å²) in [5.41, 5.74) is 0.584. The lowest BCUT2D eigenvalue weighted by molar-refractivity contribution is -0.384. The van der Waals surface area contributed by atoms with Crippen molar-refractivity contribution in [2.24, 2.45) is 5.92 Å². The van der Waals surface area contributed by atoms with E-state index in [1.807, 2.05) is 0 Å². The standard InChI is InChI=1S/C19H20F3N5O3/c20-19(21,22)14-1-2-16(17(9-14)27(29)30)25-6-3-12(4-7-25)18(28)26-8-5-15-13(11-26)10-23-24-15/h1-2,9-10,12H,3-8,11H2,(H,23,24). The molecule has 0 spiro atoms. The summed E-state index contributed by atoms with van der Waals surface area (Å²) in [6, 6.07) is 2.58. The first kappa shape index (κ1) is 20.2. The van der Waals surface area contributed by atoms with Gasteiger partial charge in [0, 0.05) is 55.8 Å². The Morgan fingerprint density at radius 2 is 1.97 bits per heavy atom. The van der Waals surface area contributed by atoms with E-state index in [-0.39, 0.29) is 17.5 Å². The quantitative estimate of drug-likeness (QED) is 0.605. The summed E-state index contributed by atoms with van der Waals surface area (Å²) in [5, 5.41) is 18.3. The number of aromatic nitrogens is 2. The molecule has 1 aromatic heterocycles. The maximum atomic E-state index is 12.9. The van der Waals surface area contributed by atoms with Crippen molar-refractivity contribution >= 4 is 17.3 Å². The van der Waals surface area contributed by atoms with E-state index in [9.17, 15) is 28.1 Å². The highest BCUT2D eigenvalue weighted by molar-refractivity contribution is 5.79. The van der Waals surface area contributed by atoms with Crippen molar-refractivity contribution in [3.63, 3.8) is 0 Å². The maximum absolute atomic E-state index is 12.9. The van der Waals surface area contributed by atoms with Gasteiger partial charge < -0.3 is 9.80 Å². The van der Waals surface area contributed by atoms with Gasteiger partial charge in [-0.3, -0.25) is 20.0 Å². The van der Waals surface area contributed by atoms with Crippen LogP contribution in [0.5, 0.6) is 0 Å². The van der Waals surface area contributed by atoms with Gasteiger partial charge in [-0.05, 0) is 25.0 Å². The van der Waals surface area contributed by atoms with Crippen LogP contribution in [-0.4, -0.2) is 45.6 Å². The number of hydrogen-bond donors (Lipinski definition) is 1. The number of fused-ring (bicyclic) bond motifs is 1.